The quantitative estimate of drug-likeness (QED) is 0.581. The number of hydrogen-bond donors (Lipinski definition) is 0. The van der Waals surface area contributed by atoms with E-state index in [1.165, 1.54) is 40.1 Å². The molecule has 0 fully saturated rings. The van der Waals surface area contributed by atoms with E-state index in [1.54, 1.807) is 26.1 Å². The third-order valence-electron chi connectivity index (χ3n) is 4.72. The average molecular weight is 387 g/mol. The Morgan fingerprint density at radius 3 is 2.64 bits per heavy atom. The summed E-state index contributed by atoms with van der Waals surface area (Å²) in [5.74, 6) is -0.914. The second-order valence-electron chi connectivity index (χ2n) is 6.41. The van der Waals surface area contributed by atoms with Gasteiger partial charge in [-0.15, -0.1) is 0 Å². The van der Waals surface area contributed by atoms with Crippen LogP contribution in [0.15, 0.2) is 42.5 Å². The number of ether oxygens (including phenoxy) is 1. The van der Waals surface area contributed by atoms with E-state index in [1.807, 2.05) is 0 Å². The summed E-state index contributed by atoms with van der Waals surface area (Å²) in [5, 5.41) is 11.0. The molecule has 0 aromatic heterocycles. The summed E-state index contributed by atoms with van der Waals surface area (Å²) in [4.78, 5) is 38.1. The number of amides is 2. The van der Waals surface area contributed by atoms with Crippen LogP contribution < -0.4 is 9.64 Å². The number of benzene rings is 2. The van der Waals surface area contributed by atoms with E-state index in [0.29, 0.717) is 5.75 Å². The summed E-state index contributed by atoms with van der Waals surface area (Å²) in [7, 11) is 1.58. The van der Waals surface area contributed by atoms with Gasteiger partial charge >= 0.3 is 0 Å². The fourth-order valence-electron chi connectivity index (χ4n) is 2.91. The predicted octanol–water partition coefficient (Wildman–Crippen LogP) is 2.68. The number of halogens is 1. The molecular weight excluding hydrogens is 369 g/mol. The van der Waals surface area contributed by atoms with Crippen LogP contribution in [0, 0.1) is 15.9 Å². The number of carbonyl (C=O) groups is 2. The Morgan fingerprint density at radius 2 is 2.00 bits per heavy atom. The van der Waals surface area contributed by atoms with Gasteiger partial charge in [0.25, 0.3) is 11.6 Å². The maximum Gasteiger partial charge on any atom is 0.271 e. The van der Waals surface area contributed by atoms with Crippen molar-refractivity contribution >= 4 is 23.2 Å². The van der Waals surface area contributed by atoms with Gasteiger partial charge < -0.3 is 9.64 Å². The molecule has 2 aromatic rings. The molecule has 0 bridgehead atoms. The molecule has 0 radical (unpaired) electrons. The zero-order valence-corrected chi connectivity index (χ0v) is 15.3. The van der Waals surface area contributed by atoms with Crippen LogP contribution in [0.25, 0.3) is 0 Å². The minimum absolute atomic E-state index is 0.182. The first-order valence-corrected chi connectivity index (χ1v) is 8.50. The number of nitro groups is 1. The lowest BCUT2D eigenvalue weighted by molar-refractivity contribution is -0.384. The normalized spacial score (nSPS) is 14.1. The van der Waals surface area contributed by atoms with Crippen LogP contribution in [-0.4, -0.2) is 41.8 Å². The fraction of sp³-hybridized carbons (Fsp3) is 0.263. The topological polar surface area (TPSA) is 93.0 Å². The molecule has 3 rings (SSSR count). The van der Waals surface area contributed by atoms with E-state index in [9.17, 15) is 24.1 Å². The lowest BCUT2D eigenvalue weighted by Crippen LogP contribution is -2.46. The highest BCUT2D eigenvalue weighted by Crippen LogP contribution is 2.35. The van der Waals surface area contributed by atoms with Gasteiger partial charge in [0.05, 0.1) is 16.7 Å². The number of anilines is 1. The van der Waals surface area contributed by atoms with Crippen molar-refractivity contribution in [2.24, 2.45) is 0 Å². The third-order valence-corrected chi connectivity index (χ3v) is 4.72. The molecule has 0 spiro atoms. The Balaban J connectivity index is 1.81. The number of rotatable bonds is 5. The highest BCUT2D eigenvalue weighted by molar-refractivity contribution is 6.02. The van der Waals surface area contributed by atoms with E-state index in [-0.39, 0.29) is 42.3 Å². The first-order valence-electron chi connectivity index (χ1n) is 8.50. The molecule has 1 atom stereocenters. The van der Waals surface area contributed by atoms with Gasteiger partial charge in [-0.25, -0.2) is 4.39 Å². The summed E-state index contributed by atoms with van der Waals surface area (Å²) in [6.45, 7) is 1.23. The number of non-ortho nitro benzene ring substituents is 1. The molecule has 2 aromatic carbocycles. The summed E-state index contributed by atoms with van der Waals surface area (Å²) < 4.78 is 18.4. The first-order chi connectivity index (χ1) is 13.3. The molecule has 146 valence electrons. The number of hydrogen-bond acceptors (Lipinski definition) is 5. The number of fused-ring (bicyclic) bond motifs is 1. The standard InChI is InChI=1S/C19H18FN3O5/c1-12(13-3-5-14(20)6-4-13)21(2)18(24)10-22-16-9-15(23(26)27)7-8-17(16)28-11-19(22)25/h3-9,12H,10-11H2,1-2H3. The highest BCUT2D eigenvalue weighted by Gasteiger charge is 2.30. The molecule has 9 heteroatoms. The van der Waals surface area contributed by atoms with Gasteiger partial charge in [-0.1, -0.05) is 12.1 Å². The predicted molar refractivity (Wildman–Crippen MR) is 98.5 cm³/mol. The van der Waals surface area contributed by atoms with Gasteiger partial charge in [-0.3, -0.25) is 24.6 Å². The monoisotopic (exact) mass is 387 g/mol. The zero-order valence-electron chi connectivity index (χ0n) is 15.3. The van der Waals surface area contributed by atoms with Gasteiger partial charge in [0.15, 0.2) is 6.61 Å². The van der Waals surface area contributed by atoms with Gasteiger partial charge in [0.1, 0.15) is 18.1 Å². The zero-order chi connectivity index (χ0) is 20.4. The lowest BCUT2D eigenvalue weighted by atomic mass is 10.1. The van der Waals surface area contributed by atoms with E-state index >= 15 is 0 Å². The Kier molecular flexibility index (Phi) is 5.25. The first kappa shape index (κ1) is 19.3. The molecule has 0 saturated heterocycles. The van der Waals surface area contributed by atoms with Crippen molar-refractivity contribution in [3.63, 3.8) is 0 Å². The van der Waals surface area contributed by atoms with Crippen LogP contribution in [0.3, 0.4) is 0 Å². The molecule has 1 heterocycles. The molecule has 2 amide bonds. The molecule has 28 heavy (non-hydrogen) atoms. The highest BCUT2D eigenvalue weighted by atomic mass is 19.1. The van der Waals surface area contributed by atoms with Crippen LogP contribution in [0.5, 0.6) is 5.75 Å². The SMILES string of the molecule is CC(c1ccc(F)cc1)N(C)C(=O)CN1C(=O)COc2ccc([N+](=O)[O-])cc21. The largest absolute Gasteiger partial charge is 0.482 e. The van der Waals surface area contributed by atoms with Crippen molar-refractivity contribution in [2.75, 3.05) is 25.1 Å². The van der Waals surface area contributed by atoms with E-state index in [0.717, 1.165) is 5.56 Å². The summed E-state index contributed by atoms with van der Waals surface area (Å²) >= 11 is 0. The fourth-order valence-corrected chi connectivity index (χ4v) is 2.91. The Labute approximate surface area is 160 Å². The number of likely N-dealkylation sites (N-methyl/N-ethyl adjacent to an activating group) is 1. The molecule has 8 nitrogen and oxygen atoms in total. The Hall–Kier alpha value is -3.49. The van der Waals surface area contributed by atoms with Crippen LogP contribution in [0.1, 0.15) is 18.5 Å². The van der Waals surface area contributed by atoms with Crippen molar-refractivity contribution in [3.05, 3.63) is 64.0 Å². The van der Waals surface area contributed by atoms with Crippen LogP contribution in [-0.2, 0) is 9.59 Å². The molecule has 1 unspecified atom stereocenters. The van der Waals surface area contributed by atoms with Gasteiger partial charge in [-0.2, -0.15) is 0 Å². The summed E-state index contributed by atoms with van der Waals surface area (Å²) in [6, 6.07) is 9.33. The maximum atomic E-state index is 13.1. The van der Waals surface area contributed by atoms with Crippen molar-refractivity contribution < 1.29 is 23.6 Å². The summed E-state index contributed by atoms with van der Waals surface area (Å²) in [5.41, 5.74) is 0.714. The average Bonchev–Trinajstić information content (AvgIpc) is 2.69. The smallest absolute Gasteiger partial charge is 0.271 e. The van der Waals surface area contributed by atoms with E-state index in [2.05, 4.69) is 0 Å². The van der Waals surface area contributed by atoms with Crippen LogP contribution >= 0.6 is 0 Å². The molecule has 0 aliphatic carbocycles. The molecular formula is C19H18FN3O5. The molecule has 1 aliphatic heterocycles. The second-order valence-corrected chi connectivity index (χ2v) is 6.41. The minimum Gasteiger partial charge on any atom is -0.482 e. The van der Waals surface area contributed by atoms with E-state index in [4.69, 9.17) is 4.74 Å². The number of nitro benzene ring substituents is 1. The van der Waals surface area contributed by atoms with Gasteiger partial charge in [0.2, 0.25) is 5.91 Å². The van der Waals surface area contributed by atoms with Crippen molar-refractivity contribution in [1.29, 1.82) is 0 Å². The van der Waals surface area contributed by atoms with Gasteiger partial charge in [-0.05, 0) is 30.7 Å². The van der Waals surface area contributed by atoms with Crippen LogP contribution in [0.2, 0.25) is 0 Å². The molecule has 0 N–H and O–H groups in total. The number of carbonyl (C=O) groups excluding carboxylic acids is 2. The maximum absolute atomic E-state index is 13.1. The Bertz CT molecular complexity index is 932. The van der Waals surface area contributed by atoms with E-state index < -0.39 is 10.8 Å². The van der Waals surface area contributed by atoms with Crippen molar-refractivity contribution in [3.8, 4) is 5.75 Å². The summed E-state index contributed by atoms with van der Waals surface area (Å²) in [6.07, 6.45) is 0. The van der Waals surface area contributed by atoms with Crippen molar-refractivity contribution in [1.82, 2.24) is 4.90 Å². The van der Waals surface area contributed by atoms with Crippen LogP contribution in [0.4, 0.5) is 15.8 Å². The van der Waals surface area contributed by atoms with Gasteiger partial charge in [0, 0.05) is 19.2 Å². The molecule has 1 aliphatic rings. The van der Waals surface area contributed by atoms with Crippen molar-refractivity contribution in [2.45, 2.75) is 13.0 Å². The Morgan fingerprint density at radius 1 is 1.32 bits per heavy atom. The minimum atomic E-state index is -0.581. The molecule has 0 saturated carbocycles. The second kappa shape index (κ2) is 7.63. The lowest BCUT2D eigenvalue weighted by Gasteiger charge is -2.32. The third kappa shape index (κ3) is 3.78. The number of nitrogens with zero attached hydrogens (tertiary/aromatic N) is 3.